The van der Waals surface area contributed by atoms with Crippen molar-refractivity contribution in [1.82, 2.24) is 24.7 Å². The maximum Gasteiger partial charge on any atom is 0.243 e. The third-order valence-corrected chi connectivity index (χ3v) is 6.92. The molecule has 3 aromatic rings. The van der Waals surface area contributed by atoms with Gasteiger partial charge < -0.3 is 0 Å². The van der Waals surface area contributed by atoms with Crippen LogP contribution in [-0.2, 0) is 12.8 Å². The molecule has 7 nitrogen and oxygen atoms in total. The monoisotopic (exact) mass is 446 g/mol. The van der Waals surface area contributed by atoms with Crippen molar-refractivity contribution in [1.29, 1.82) is 0 Å². The fourth-order valence-corrected chi connectivity index (χ4v) is 5.03. The van der Waals surface area contributed by atoms with Crippen LogP contribution in [0.2, 0.25) is 10.0 Å². The summed E-state index contributed by atoms with van der Waals surface area (Å²) >= 11 is 13.8. The molecule has 10 heteroatoms. The van der Waals surface area contributed by atoms with E-state index in [9.17, 15) is 4.79 Å². The molecule has 1 aromatic carbocycles. The molecular weight excluding hydrogens is 431 g/mol. The molecule has 1 atom stereocenters. The number of aromatic nitrogens is 5. The summed E-state index contributed by atoms with van der Waals surface area (Å²) in [5.41, 5.74) is 4.45. The number of thioether (sulfide) groups is 1. The number of benzene rings is 1. The molecule has 0 amide bonds. The lowest BCUT2D eigenvalue weighted by Crippen LogP contribution is -2.22. The number of fused-ring (bicyclic) bond motifs is 2. The van der Waals surface area contributed by atoms with Gasteiger partial charge in [-0.1, -0.05) is 41.0 Å². The first kappa shape index (κ1) is 18.8. The van der Waals surface area contributed by atoms with Crippen molar-refractivity contribution in [3.8, 4) is 11.5 Å². The molecule has 0 fully saturated rings. The number of hydrogen-bond acceptors (Lipinski definition) is 6. The Kier molecular flexibility index (Phi) is 4.53. The molecule has 0 radical (unpaired) electrons. The second kappa shape index (κ2) is 6.97. The Balaban J connectivity index is 1.65. The third kappa shape index (κ3) is 3.01. The van der Waals surface area contributed by atoms with E-state index in [1.54, 1.807) is 22.5 Å². The van der Waals surface area contributed by atoms with Gasteiger partial charge in [-0.25, -0.2) is 4.68 Å². The number of nitrogens with zero attached hydrogens (tertiary/aromatic N) is 6. The first-order valence-electron chi connectivity index (χ1n) is 9.22. The van der Waals surface area contributed by atoms with Crippen molar-refractivity contribution in [2.24, 2.45) is 5.10 Å². The minimum atomic E-state index is -0.101. The molecule has 0 bridgehead atoms. The van der Waals surface area contributed by atoms with Crippen LogP contribution in [0.5, 0.6) is 0 Å². The van der Waals surface area contributed by atoms with Gasteiger partial charge in [-0.2, -0.15) is 14.9 Å². The number of halogens is 2. The predicted octanol–water partition coefficient (Wildman–Crippen LogP) is 4.34. The van der Waals surface area contributed by atoms with Gasteiger partial charge in [-0.05, 0) is 38.3 Å². The molecule has 2 aliphatic rings. The quantitative estimate of drug-likeness (QED) is 0.584. The lowest BCUT2D eigenvalue weighted by molar-refractivity contribution is 0.0918. The normalized spacial score (nSPS) is 17.8. The molecule has 1 unspecified atom stereocenters. The SMILES string of the molecule is CC(=O)n1nc(-c2nnc3n2N=C(c2ccc(Cl)c(Cl)c2)C(C)S3)c2c1CCC2. The zero-order valence-electron chi connectivity index (χ0n) is 15.7. The van der Waals surface area contributed by atoms with E-state index in [0.29, 0.717) is 26.7 Å². The van der Waals surface area contributed by atoms with Crippen LogP contribution in [0.4, 0.5) is 0 Å². The Hall–Kier alpha value is -2.16. The Labute approximate surface area is 181 Å². The van der Waals surface area contributed by atoms with Gasteiger partial charge in [0.15, 0.2) is 0 Å². The standard InChI is InChI=1S/C19H16Cl2N6OS/c1-9-16(11-6-7-13(20)14(21)8-11)24-27-18(22-23-19(27)29-9)17-12-4-3-5-15(12)26(25-17)10(2)28/h6-9H,3-5H2,1-2H3. The van der Waals surface area contributed by atoms with E-state index in [1.165, 1.54) is 11.6 Å². The summed E-state index contributed by atoms with van der Waals surface area (Å²) in [7, 11) is 0. The number of hydrogen-bond donors (Lipinski definition) is 0. The molecule has 3 heterocycles. The van der Waals surface area contributed by atoms with Gasteiger partial charge in [0.05, 0.1) is 26.7 Å². The number of carbonyl (C=O) groups is 1. The van der Waals surface area contributed by atoms with Crippen LogP contribution in [-0.4, -0.2) is 41.5 Å². The molecule has 0 N–H and O–H groups in total. The van der Waals surface area contributed by atoms with Gasteiger partial charge in [-0.3, -0.25) is 4.79 Å². The predicted molar refractivity (Wildman–Crippen MR) is 113 cm³/mol. The van der Waals surface area contributed by atoms with Crippen LogP contribution < -0.4 is 0 Å². The maximum atomic E-state index is 12.0. The van der Waals surface area contributed by atoms with Gasteiger partial charge in [0, 0.05) is 18.1 Å². The summed E-state index contributed by atoms with van der Waals surface area (Å²) in [6, 6.07) is 5.49. The van der Waals surface area contributed by atoms with Crippen LogP contribution in [0.25, 0.3) is 11.5 Å². The molecular formula is C19H16Cl2N6OS. The van der Waals surface area contributed by atoms with Crippen molar-refractivity contribution < 1.29 is 4.79 Å². The van der Waals surface area contributed by atoms with Crippen LogP contribution in [0.15, 0.2) is 28.5 Å². The van der Waals surface area contributed by atoms with Crippen molar-refractivity contribution in [2.45, 2.75) is 43.5 Å². The molecule has 5 rings (SSSR count). The largest absolute Gasteiger partial charge is 0.273 e. The Morgan fingerprint density at radius 1 is 1.21 bits per heavy atom. The molecule has 0 saturated carbocycles. The van der Waals surface area contributed by atoms with Gasteiger partial charge in [0.25, 0.3) is 0 Å². The van der Waals surface area contributed by atoms with Gasteiger partial charge in [0.2, 0.25) is 16.9 Å². The highest BCUT2D eigenvalue weighted by atomic mass is 35.5. The van der Waals surface area contributed by atoms with Gasteiger partial charge >= 0.3 is 0 Å². The average molecular weight is 447 g/mol. The summed E-state index contributed by atoms with van der Waals surface area (Å²) in [5.74, 6) is 0.450. The summed E-state index contributed by atoms with van der Waals surface area (Å²) in [5, 5.41) is 19.8. The van der Waals surface area contributed by atoms with Crippen molar-refractivity contribution >= 4 is 46.6 Å². The highest BCUT2D eigenvalue weighted by Gasteiger charge is 2.31. The van der Waals surface area contributed by atoms with E-state index in [1.807, 2.05) is 12.1 Å². The molecule has 29 heavy (non-hydrogen) atoms. The topological polar surface area (TPSA) is 78.0 Å². The van der Waals surface area contributed by atoms with E-state index < -0.39 is 0 Å². The second-order valence-electron chi connectivity index (χ2n) is 7.05. The van der Waals surface area contributed by atoms with Crippen LogP contribution in [0.1, 0.15) is 41.9 Å². The maximum absolute atomic E-state index is 12.0. The van der Waals surface area contributed by atoms with E-state index in [4.69, 9.17) is 28.3 Å². The highest BCUT2D eigenvalue weighted by molar-refractivity contribution is 8.00. The summed E-state index contributed by atoms with van der Waals surface area (Å²) < 4.78 is 3.20. The summed E-state index contributed by atoms with van der Waals surface area (Å²) in [6.07, 6.45) is 2.71. The van der Waals surface area contributed by atoms with Crippen molar-refractivity contribution in [3.63, 3.8) is 0 Å². The Bertz CT molecular complexity index is 1200. The zero-order valence-corrected chi connectivity index (χ0v) is 18.0. The smallest absolute Gasteiger partial charge is 0.243 e. The summed E-state index contributed by atoms with van der Waals surface area (Å²) in [6.45, 7) is 3.58. The second-order valence-corrected chi connectivity index (χ2v) is 9.17. The van der Waals surface area contributed by atoms with Crippen molar-refractivity contribution in [2.75, 3.05) is 0 Å². The first-order chi connectivity index (χ1) is 13.9. The average Bonchev–Trinajstić information content (AvgIpc) is 3.38. The van der Waals surface area contributed by atoms with E-state index >= 15 is 0 Å². The Morgan fingerprint density at radius 3 is 2.79 bits per heavy atom. The molecule has 148 valence electrons. The highest BCUT2D eigenvalue weighted by Crippen LogP contribution is 2.36. The zero-order chi connectivity index (χ0) is 20.3. The van der Waals surface area contributed by atoms with Gasteiger partial charge in [-0.15, -0.1) is 10.2 Å². The summed E-state index contributed by atoms with van der Waals surface area (Å²) in [4.78, 5) is 12.0. The van der Waals surface area contributed by atoms with E-state index in [-0.39, 0.29) is 11.2 Å². The first-order valence-corrected chi connectivity index (χ1v) is 10.9. The minimum Gasteiger partial charge on any atom is -0.273 e. The fourth-order valence-electron chi connectivity index (χ4n) is 3.81. The lowest BCUT2D eigenvalue weighted by Gasteiger charge is -2.20. The Morgan fingerprint density at radius 2 is 2.03 bits per heavy atom. The van der Waals surface area contributed by atoms with Crippen LogP contribution in [0.3, 0.4) is 0 Å². The van der Waals surface area contributed by atoms with E-state index in [0.717, 1.165) is 41.8 Å². The molecule has 0 spiro atoms. The fraction of sp³-hybridized carbons (Fsp3) is 0.316. The minimum absolute atomic E-state index is 0.0669. The molecule has 1 aliphatic carbocycles. The third-order valence-electron chi connectivity index (χ3n) is 5.14. The lowest BCUT2D eigenvalue weighted by atomic mass is 10.1. The molecule has 0 saturated heterocycles. The van der Waals surface area contributed by atoms with Gasteiger partial charge in [0.1, 0.15) is 5.69 Å². The number of rotatable bonds is 2. The van der Waals surface area contributed by atoms with Crippen molar-refractivity contribution in [3.05, 3.63) is 45.1 Å². The van der Waals surface area contributed by atoms with Crippen LogP contribution >= 0.6 is 35.0 Å². The molecule has 2 aromatic heterocycles. The number of carbonyl (C=O) groups excluding carboxylic acids is 1. The van der Waals surface area contributed by atoms with Crippen LogP contribution in [0, 0.1) is 0 Å². The molecule has 1 aliphatic heterocycles. The van der Waals surface area contributed by atoms with E-state index in [2.05, 4.69) is 22.2 Å².